The second kappa shape index (κ2) is 32.2. The third kappa shape index (κ3) is 31.2. The van der Waals surface area contributed by atoms with Crippen molar-refractivity contribution in [3.63, 3.8) is 0 Å². The molecule has 0 fully saturated rings. The van der Waals surface area contributed by atoms with Crippen molar-refractivity contribution in [2.75, 3.05) is 19.8 Å². The monoisotopic (exact) mass is 703 g/mol. The van der Waals surface area contributed by atoms with Gasteiger partial charge in [-0.05, 0) is 44.9 Å². The van der Waals surface area contributed by atoms with Crippen molar-refractivity contribution < 1.29 is 47.8 Å². The Morgan fingerprint density at radius 3 is 1.71 bits per heavy atom. The molecule has 0 radical (unpaired) electrons. The molecule has 0 aromatic heterocycles. The first-order valence-corrected chi connectivity index (χ1v) is 19.9. The topological polar surface area (TPSA) is 169 Å². The average molecular weight is 704 g/mol. The number of nitrogens with one attached hydrogen (secondary N) is 1. The van der Waals surface area contributed by atoms with Crippen molar-refractivity contribution in [2.45, 2.75) is 167 Å². The van der Waals surface area contributed by atoms with Gasteiger partial charge < -0.3 is 25.2 Å². The van der Waals surface area contributed by atoms with Gasteiger partial charge in [-0.1, -0.05) is 122 Å². The Morgan fingerprint density at radius 1 is 0.667 bits per heavy atom. The maximum atomic E-state index is 12.2. The van der Waals surface area contributed by atoms with Crippen LogP contribution in [0.5, 0.6) is 0 Å². The van der Waals surface area contributed by atoms with Crippen molar-refractivity contribution >= 4 is 25.7 Å². The predicted molar refractivity (Wildman–Crippen MR) is 189 cm³/mol. The van der Waals surface area contributed by atoms with E-state index < -0.39 is 57.6 Å². The van der Waals surface area contributed by atoms with E-state index in [0.717, 1.165) is 57.8 Å². The normalized spacial score (nSPS) is 14.2. The zero-order valence-corrected chi connectivity index (χ0v) is 30.7. The van der Waals surface area contributed by atoms with Gasteiger partial charge in [0, 0.05) is 12.8 Å². The van der Waals surface area contributed by atoms with Crippen LogP contribution in [0.25, 0.3) is 0 Å². The maximum Gasteiger partial charge on any atom is 0.472 e. The number of hydrogen-bond acceptors (Lipinski definition) is 8. The lowest BCUT2D eigenvalue weighted by Crippen LogP contribution is -2.43. The van der Waals surface area contributed by atoms with Crippen LogP contribution in [0, 0.1) is 0 Å². The van der Waals surface area contributed by atoms with E-state index in [1.807, 2.05) is 0 Å². The Balaban J connectivity index is 3.96. The Labute approximate surface area is 289 Å². The minimum Gasteiger partial charge on any atom is -0.480 e. The van der Waals surface area contributed by atoms with Gasteiger partial charge in [-0.25, -0.2) is 9.36 Å². The molecule has 280 valence electrons. The molecule has 3 unspecified atom stereocenters. The first-order valence-electron chi connectivity index (χ1n) is 18.4. The number of phosphoric acid groups is 1. The Kier molecular flexibility index (Phi) is 30.8. The van der Waals surface area contributed by atoms with Crippen LogP contribution in [0.15, 0.2) is 24.3 Å². The van der Waals surface area contributed by atoms with Gasteiger partial charge in [0.05, 0.1) is 13.2 Å². The summed E-state index contributed by atoms with van der Waals surface area (Å²) in [4.78, 5) is 45.5. The number of unbranched alkanes of at least 4 members (excludes halogenated alkanes) is 16. The number of aliphatic hydroxyl groups is 1. The second-order valence-electron chi connectivity index (χ2n) is 12.4. The summed E-state index contributed by atoms with van der Waals surface area (Å²) in [5, 5.41) is 21.6. The van der Waals surface area contributed by atoms with Crippen molar-refractivity contribution in [1.82, 2.24) is 5.32 Å². The smallest absolute Gasteiger partial charge is 0.472 e. The van der Waals surface area contributed by atoms with Crippen LogP contribution in [-0.2, 0) is 32.7 Å². The minimum absolute atomic E-state index is 0.145. The first kappa shape index (κ1) is 46.0. The number of carbonyl (C=O) groups excluding carboxylic acids is 2. The van der Waals surface area contributed by atoms with E-state index >= 15 is 0 Å². The van der Waals surface area contributed by atoms with E-state index in [-0.39, 0.29) is 12.8 Å². The molecule has 4 N–H and O–H groups in total. The van der Waals surface area contributed by atoms with E-state index in [0.29, 0.717) is 12.8 Å². The number of phosphoric ester groups is 1. The lowest BCUT2D eigenvalue weighted by atomic mass is 10.1. The molecule has 3 atom stereocenters. The number of hydrogen-bond donors (Lipinski definition) is 4. The van der Waals surface area contributed by atoms with Crippen molar-refractivity contribution in [3.05, 3.63) is 24.3 Å². The lowest BCUT2D eigenvalue weighted by molar-refractivity contribution is -0.147. The summed E-state index contributed by atoms with van der Waals surface area (Å²) in [7, 11) is -4.74. The van der Waals surface area contributed by atoms with Crippen LogP contribution < -0.4 is 5.32 Å². The summed E-state index contributed by atoms with van der Waals surface area (Å²) in [6, 6.07) is -1.54. The van der Waals surface area contributed by atoms with E-state index in [2.05, 4.69) is 43.5 Å². The van der Waals surface area contributed by atoms with Gasteiger partial charge in [-0.3, -0.25) is 18.6 Å². The molecule has 1 amide bonds. The standard InChI is InChI=1S/C36H66NO10P/c1-3-5-7-9-11-13-14-15-16-17-18-19-20-22-24-26-28-35(40)45-29-32(38)30-46-48(43,44)47-31-33(36(41)42)37-34(39)27-25-23-21-12-10-8-6-4-2/h13-14,16-17,32-33,38H,3-12,15,18-31H2,1-2H3,(H,37,39)(H,41,42)(H,43,44)/b14-13-,17-16-. The van der Waals surface area contributed by atoms with Crippen LogP contribution in [-0.4, -0.2) is 64.9 Å². The number of ether oxygens (including phenoxy) is 1. The number of aliphatic carboxylic acids is 1. The summed E-state index contributed by atoms with van der Waals surface area (Å²) < 4.78 is 26.6. The molecule has 11 nitrogen and oxygen atoms in total. The Morgan fingerprint density at radius 2 is 1.15 bits per heavy atom. The molecule has 12 heteroatoms. The number of amides is 1. The number of aliphatic hydroxyl groups excluding tert-OH is 1. The molecular weight excluding hydrogens is 637 g/mol. The molecule has 48 heavy (non-hydrogen) atoms. The number of carboxylic acid groups (broad SMARTS) is 1. The van der Waals surface area contributed by atoms with Crippen molar-refractivity contribution in [3.8, 4) is 0 Å². The van der Waals surface area contributed by atoms with Crippen LogP contribution in [0.2, 0.25) is 0 Å². The van der Waals surface area contributed by atoms with Gasteiger partial charge in [0.2, 0.25) is 5.91 Å². The van der Waals surface area contributed by atoms with Gasteiger partial charge in [0.1, 0.15) is 12.7 Å². The SMILES string of the molecule is CCCCCC/C=C\C/C=C\CCCCCCCC(=O)OCC(O)COP(=O)(O)OCC(NC(=O)CCCCCCCCCC)C(=O)O. The molecule has 0 aliphatic carbocycles. The minimum atomic E-state index is -4.74. The highest BCUT2D eigenvalue weighted by molar-refractivity contribution is 7.47. The van der Waals surface area contributed by atoms with Gasteiger partial charge in [-0.15, -0.1) is 0 Å². The van der Waals surface area contributed by atoms with E-state index in [1.54, 1.807) is 0 Å². The van der Waals surface area contributed by atoms with E-state index in [1.165, 1.54) is 57.8 Å². The molecule has 0 aliphatic heterocycles. The van der Waals surface area contributed by atoms with Crippen LogP contribution in [0.4, 0.5) is 0 Å². The first-order chi connectivity index (χ1) is 23.1. The lowest BCUT2D eigenvalue weighted by Gasteiger charge is -2.18. The van der Waals surface area contributed by atoms with Crippen molar-refractivity contribution in [1.29, 1.82) is 0 Å². The molecule has 0 spiro atoms. The molecule has 0 aliphatic rings. The largest absolute Gasteiger partial charge is 0.480 e. The molecule has 0 bridgehead atoms. The summed E-state index contributed by atoms with van der Waals surface area (Å²) in [6.45, 7) is 2.48. The number of allylic oxidation sites excluding steroid dienone is 4. The molecule has 0 aromatic rings. The van der Waals surface area contributed by atoms with Crippen LogP contribution in [0.3, 0.4) is 0 Å². The average Bonchev–Trinajstić information content (AvgIpc) is 3.05. The summed E-state index contributed by atoms with van der Waals surface area (Å²) >= 11 is 0. The quantitative estimate of drug-likeness (QED) is 0.0221. The summed E-state index contributed by atoms with van der Waals surface area (Å²) in [6.07, 6.45) is 29.4. The zero-order chi connectivity index (χ0) is 35.7. The van der Waals surface area contributed by atoms with Crippen LogP contribution >= 0.6 is 7.82 Å². The van der Waals surface area contributed by atoms with Crippen LogP contribution in [0.1, 0.15) is 155 Å². The Bertz CT molecular complexity index is 926. The third-order valence-electron chi connectivity index (χ3n) is 7.74. The highest BCUT2D eigenvalue weighted by atomic mass is 31.2. The highest BCUT2D eigenvalue weighted by Crippen LogP contribution is 2.43. The number of rotatable bonds is 34. The summed E-state index contributed by atoms with van der Waals surface area (Å²) in [5.74, 6) is -2.39. The van der Waals surface area contributed by atoms with Gasteiger partial charge in [0.15, 0.2) is 6.04 Å². The van der Waals surface area contributed by atoms with Gasteiger partial charge in [-0.2, -0.15) is 0 Å². The molecule has 0 saturated heterocycles. The fraction of sp³-hybridized carbons (Fsp3) is 0.806. The number of carboxylic acids is 1. The highest BCUT2D eigenvalue weighted by Gasteiger charge is 2.28. The molecular formula is C36H66NO10P. The molecule has 0 aromatic carbocycles. The Hall–Kier alpha value is -2.04. The molecule has 0 heterocycles. The molecule has 0 rings (SSSR count). The van der Waals surface area contributed by atoms with E-state index in [9.17, 15) is 34.1 Å². The summed E-state index contributed by atoms with van der Waals surface area (Å²) in [5.41, 5.74) is 0. The predicted octanol–water partition coefficient (Wildman–Crippen LogP) is 8.33. The maximum absolute atomic E-state index is 12.2. The van der Waals surface area contributed by atoms with E-state index in [4.69, 9.17) is 13.8 Å². The van der Waals surface area contributed by atoms with Crippen molar-refractivity contribution in [2.24, 2.45) is 0 Å². The number of esters is 1. The van der Waals surface area contributed by atoms with Gasteiger partial charge >= 0.3 is 19.8 Å². The zero-order valence-electron chi connectivity index (χ0n) is 29.8. The van der Waals surface area contributed by atoms with Gasteiger partial charge in [0.25, 0.3) is 0 Å². The second-order valence-corrected chi connectivity index (χ2v) is 13.9. The molecule has 0 saturated carbocycles. The third-order valence-corrected chi connectivity index (χ3v) is 8.69. The fourth-order valence-corrected chi connectivity index (χ4v) is 5.59. The number of carbonyl (C=O) groups is 3. The fourth-order valence-electron chi connectivity index (χ4n) is 4.81.